The molecule has 2 aliphatic heterocycles. The van der Waals surface area contributed by atoms with Crippen LogP contribution >= 0.6 is 23.1 Å². The molecule has 0 aromatic carbocycles. The maximum Gasteiger partial charge on any atom is 0.414 e. The van der Waals surface area contributed by atoms with E-state index in [-0.39, 0.29) is 0 Å². The predicted octanol–water partition coefficient (Wildman–Crippen LogP) is 1.83. The number of carbonyl (C=O) groups is 2. The number of amidine groups is 1. The second kappa shape index (κ2) is 5.89. The summed E-state index contributed by atoms with van der Waals surface area (Å²) in [7, 11) is 0. The van der Waals surface area contributed by atoms with Gasteiger partial charge in [0, 0.05) is 11.1 Å². The molecule has 2 aliphatic rings. The van der Waals surface area contributed by atoms with E-state index in [1.54, 1.807) is 23.1 Å². The normalized spacial score (nSPS) is 19.5. The molecule has 0 amide bonds. The number of thioether (sulfide) groups is 1. The van der Waals surface area contributed by atoms with Crippen LogP contribution in [0.4, 0.5) is 0 Å². The third-order valence-corrected chi connectivity index (χ3v) is 4.13. The molecule has 1 unspecified atom stereocenters. The Kier molecular flexibility index (Phi) is 4.23. The number of rotatable bonds is 1. The first-order chi connectivity index (χ1) is 9.08. The maximum absolute atomic E-state index is 9.10. The lowest BCUT2D eigenvalue weighted by molar-refractivity contribution is -0.159. The minimum Gasteiger partial charge on any atom is -0.473 e. The van der Waals surface area contributed by atoms with Crippen molar-refractivity contribution < 1.29 is 19.8 Å². The number of carboxylic acids is 2. The summed E-state index contributed by atoms with van der Waals surface area (Å²) in [4.78, 5) is 26.4. The van der Waals surface area contributed by atoms with Crippen LogP contribution in [0.2, 0.25) is 0 Å². The van der Waals surface area contributed by atoms with Gasteiger partial charge in [0.1, 0.15) is 6.04 Å². The quantitative estimate of drug-likeness (QED) is 0.769. The van der Waals surface area contributed by atoms with Crippen molar-refractivity contribution >= 4 is 40.2 Å². The largest absolute Gasteiger partial charge is 0.473 e. The molecule has 1 aromatic rings. The van der Waals surface area contributed by atoms with Crippen LogP contribution in [0.15, 0.2) is 34.1 Å². The van der Waals surface area contributed by atoms with Crippen molar-refractivity contribution in [1.29, 1.82) is 0 Å². The molecule has 3 rings (SSSR count). The van der Waals surface area contributed by atoms with Crippen LogP contribution in [0.5, 0.6) is 0 Å². The summed E-state index contributed by atoms with van der Waals surface area (Å²) >= 11 is 3.51. The first-order valence-electron chi connectivity index (χ1n) is 5.25. The average molecular weight is 298 g/mol. The summed E-state index contributed by atoms with van der Waals surface area (Å²) in [5.41, 5.74) is 0. The zero-order valence-corrected chi connectivity index (χ0v) is 11.2. The first-order valence-corrected chi connectivity index (χ1v) is 7.01. The van der Waals surface area contributed by atoms with Gasteiger partial charge in [-0.05, 0) is 16.9 Å². The molecule has 100 valence electrons. The van der Waals surface area contributed by atoms with Crippen molar-refractivity contribution in [3.05, 3.63) is 34.0 Å². The van der Waals surface area contributed by atoms with Gasteiger partial charge in [0.25, 0.3) is 0 Å². The lowest BCUT2D eigenvalue weighted by Gasteiger charge is -2.08. The average Bonchev–Trinajstić information content (AvgIpc) is 3.05. The molecular weight excluding hydrogens is 288 g/mol. The highest BCUT2D eigenvalue weighted by molar-refractivity contribution is 8.16. The maximum atomic E-state index is 9.10. The van der Waals surface area contributed by atoms with E-state index in [0.29, 0.717) is 6.04 Å². The van der Waals surface area contributed by atoms with Gasteiger partial charge in [-0.25, -0.2) is 9.59 Å². The molecular formula is C11H10N2O4S2. The third-order valence-electron chi connectivity index (χ3n) is 2.35. The minimum absolute atomic E-state index is 0.368. The molecule has 0 saturated carbocycles. The van der Waals surface area contributed by atoms with Crippen LogP contribution < -0.4 is 0 Å². The fourth-order valence-corrected chi connectivity index (χ4v) is 3.08. The van der Waals surface area contributed by atoms with E-state index in [1.165, 1.54) is 4.88 Å². The van der Waals surface area contributed by atoms with Crippen molar-refractivity contribution in [2.45, 2.75) is 6.04 Å². The molecule has 1 atom stereocenters. The second-order valence-electron chi connectivity index (χ2n) is 3.61. The number of thiophene rings is 1. The number of nitrogens with zero attached hydrogens (tertiary/aromatic N) is 2. The molecule has 0 saturated heterocycles. The van der Waals surface area contributed by atoms with E-state index < -0.39 is 11.9 Å². The van der Waals surface area contributed by atoms with Gasteiger partial charge >= 0.3 is 11.9 Å². The topological polar surface area (TPSA) is 90.2 Å². The van der Waals surface area contributed by atoms with Crippen molar-refractivity contribution in [2.75, 3.05) is 6.54 Å². The highest BCUT2D eigenvalue weighted by Crippen LogP contribution is 2.34. The van der Waals surface area contributed by atoms with Gasteiger partial charge < -0.3 is 15.1 Å². The van der Waals surface area contributed by atoms with E-state index in [0.717, 1.165) is 11.7 Å². The summed E-state index contributed by atoms with van der Waals surface area (Å²) in [5, 5.41) is 20.1. The molecule has 0 fully saturated rings. The molecule has 0 aliphatic carbocycles. The summed E-state index contributed by atoms with van der Waals surface area (Å²) in [6, 6.07) is 4.62. The van der Waals surface area contributed by atoms with Crippen molar-refractivity contribution in [1.82, 2.24) is 4.90 Å². The van der Waals surface area contributed by atoms with Crippen LogP contribution in [0.25, 0.3) is 0 Å². The van der Waals surface area contributed by atoms with Gasteiger partial charge in [0.2, 0.25) is 0 Å². The van der Waals surface area contributed by atoms with E-state index in [2.05, 4.69) is 39.0 Å². The third kappa shape index (κ3) is 3.36. The number of hydrogen-bond acceptors (Lipinski definition) is 6. The van der Waals surface area contributed by atoms with Gasteiger partial charge in [-0.3, -0.25) is 4.99 Å². The van der Waals surface area contributed by atoms with E-state index in [4.69, 9.17) is 19.8 Å². The van der Waals surface area contributed by atoms with Gasteiger partial charge in [-0.1, -0.05) is 17.8 Å². The molecule has 3 heterocycles. The standard InChI is InChI=1S/C9H8N2S2.C2H2O4/c1-2-8(12-4-1)7-6-11-3-5-13-9(11)10-7;3-1(4)2(5)6/h1-5,7H,6H2;(H,3,4)(H,5,6). The molecule has 8 heteroatoms. The second-order valence-corrected chi connectivity index (χ2v) is 5.46. The van der Waals surface area contributed by atoms with E-state index >= 15 is 0 Å². The molecule has 19 heavy (non-hydrogen) atoms. The monoisotopic (exact) mass is 298 g/mol. The van der Waals surface area contributed by atoms with E-state index in [9.17, 15) is 0 Å². The van der Waals surface area contributed by atoms with Crippen molar-refractivity contribution in [3.8, 4) is 0 Å². The highest BCUT2D eigenvalue weighted by Gasteiger charge is 2.27. The Labute approximate surface area is 117 Å². The van der Waals surface area contributed by atoms with Crippen LogP contribution in [-0.2, 0) is 9.59 Å². The Hall–Kier alpha value is -1.80. The van der Waals surface area contributed by atoms with Gasteiger partial charge in [0.05, 0.1) is 6.54 Å². The summed E-state index contributed by atoms with van der Waals surface area (Å²) in [5.74, 6) is -3.65. The number of hydrogen-bond donors (Lipinski definition) is 2. The molecule has 1 aromatic heterocycles. The van der Waals surface area contributed by atoms with Gasteiger partial charge in [-0.2, -0.15) is 0 Å². The minimum atomic E-state index is -1.82. The van der Waals surface area contributed by atoms with Crippen molar-refractivity contribution in [2.24, 2.45) is 4.99 Å². The lowest BCUT2D eigenvalue weighted by atomic mass is 10.2. The van der Waals surface area contributed by atoms with E-state index in [1.807, 2.05) is 0 Å². The van der Waals surface area contributed by atoms with Crippen LogP contribution in [-0.4, -0.2) is 38.8 Å². The fraction of sp³-hybridized carbons (Fsp3) is 0.182. The zero-order chi connectivity index (χ0) is 13.8. The van der Waals surface area contributed by atoms with Gasteiger partial charge in [-0.15, -0.1) is 11.3 Å². The Morgan fingerprint density at radius 1 is 1.37 bits per heavy atom. The fourth-order valence-electron chi connectivity index (χ4n) is 1.53. The Bertz CT molecular complexity index is 527. The Morgan fingerprint density at radius 2 is 2.11 bits per heavy atom. The molecule has 0 spiro atoms. The number of aliphatic imine (C=N–C) groups is 1. The lowest BCUT2D eigenvalue weighted by Crippen LogP contribution is -2.15. The highest BCUT2D eigenvalue weighted by atomic mass is 32.2. The molecule has 2 N–H and O–H groups in total. The van der Waals surface area contributed by atoms with Crippen LogP contribution in [0.1, 0.15) is 10.9 Å². The number of aliphatic carboxylic acids is 2. The first kappa shape index (κ1) is 13.6. The smallest absolute Gasteiger partial charge is 0.414 e. The zero-order valence-electron chi connectivity index (χ0n) is 9.59. The summed E-state index contributed by atoms with van der Waals surface area (Å²) in [6.07, 6.45) is 2.11. The number of fused-ring (bicyclic) bond motifs is 1. The Balaban J connectivity index is 0.000000192. The Morgan fingerprint density at radius 3 is 2.63 bits per heavy atom. The number of carboxylic acid groups (broad SMARTS) is 2. The van der Waals surface area contributed by atoms with Gasteiger partial charge in [0.15, 0.2) is 5.17 Å². The predicted molar refractivity (Wildman–Crippen MR) is 73.2 cm³/mol. The molecule has 6 nitrogen and oxygen atoms in total. The molecule has 0 radical (unpaired) electrons. The summed E-state index contributed by atoms with van der Waals surface area (Å²) in [6.45, 7) is 1.01. The van der Waals surface area contributed by atoms with Crippen LogP contribution in [0.3, 0.4) is 0 Å². The summed E-state index contributed by atoms with van der Waals surface area (Å²) < 4.78 is 0. The van der Waals surface area contributed by atoms with Crippen molar-refractivity contribution in [3.63, 3.8) is 0 Å². The van der Waals surface area contributed by atoms with Crippen LogP contribution in [0, 0.1) is 0 Å². The SMILES string of the molecule is C1=CN2CC(c3cccs3)N=C2S1.O=C(O)C(=O)O. The molecule has 0 bridgehead atoms.